The number of para-hydroxylation sites is 1. The first-order valence-corrected chi connectivity index (χ1v) is 10.1. The molecule has 0 radical (unpaired) electrons. The minimum absolute atomic E-state index is 0.00342. The molecule has 0 aliphatic heterocycles. The summed E-state index contributed by atoms with van der Waals surface area (Å²) in [6.45, 7) is 1.73. The third-order valence-corrected chi connectivity index (χ3v) is 4.63. The second kappa shape index (κ2) is 11.1. The number of hydrogen-bond donors (Lipinski definition) is 2. The minimum Gasteiger partial charge on any atom is -0.484 e. The zero-order valence-corrected chi connectivity index (χ0v) is 17.6. The smallest absolute Gasteiger partial charge is 0.262 e. The minimum atomic E-state index is -0.443. The van der Waals surface area contributed by atoms with Gasteiger partial charge >= 0.3 is 0 Å². The Bertz CT molecular complexity index is 1120. The number of amides is 2. The Morgan fingerprint density at radius 2 is 1.59 bits per heavy atom. The zero-order chi connectivity index (χ0) is 22.8. The molecule has 0 saturated heterocycles. The SMILES string of the molecule is C[C@@H](NC(=O)/C(C#N)=C/c1ccc(OCC(=O)Nc2ccccc2)cc1)c1ccccc1. The second-order valence-corrected chi connectivity index (χ2v) is 7.05. The molecule has 0 aromatic heterocycles. The summed E-state index contributed by atoms with van der Waals surface area (Å²) in [5, 5.41) is 15.0. The molecular formula is C26H23N3O3. The fraction of sp³-hybridized carbons (Fsp3) is 0.115. The Balaban J connectivity index is 1.56. The maximum atomic E-state index is 12.5. The highest BCUT2D eigenvalue weighted by atomic mass is 16.5. The average molecular weight is 425 g/mol. The van der Waals surface area contributed by atoms with Gasteiger partial charge in [0.15, 0.2) is 6.61 Å². The van der Waals surface area contributed by atoms with Crippen molar-refractivity contribution < 1.29 is 14.3 Å². The van der Waals surface area contributed by atoms with E-state index in [4.69, 9.17) is 4.74 Å². The Labute approximate surface area is 187 Å². The first-order valence-electron chi connectivity index (χ1n) is 10.1. The first-order chi connectivity index (χ1) is 15.5. The number of carbonyl (C=O) groups excluding carboxylic acids is 2. The molecule has 0 heterocycles. The topological polar surface area (TPSA) is 91.2 Å². The van der Waals surface area contributed by atoms with Gasteiger partial charge in [-0.25, -0.2) is 0 Å². The van der Waals surface area contributed by atoms with Crippen LogP contribution in [0.15, 0.2) is 90.5 Å². The van der Waals surface area contributed by atoms with Crippen molar-refractivity contribution >= 4 is 23.6 Å². The molecular weight excluding hydrogens is 402 g/mol. The van der Waals surface area contributed by atoms with E-state index in [0.717, 1.165) is 5.56 Å². The molecule has 0 unspecified atom stereocenters. The number of nitrogens with one attached hydrogen (secondary N) is 2. The lowest BCUT2D eigenvalue weighted by Crippen LogP contribution is -2.27. The van der Waals surface area contributed by atoms with E-state index in [1.165, 1.54) is 6.08 Å². The van der Waals surface area contributed by atoms with Crippen LogP contribution in [0.25, 0.3) is 6.08 Å². The van der Waals surface area contributed by atoms with E-state index in [9.17, 15) is 14.9 Å². The summed E-state index contributed by atoms with van der Waals surface area (Å²) < 4.78 is 5.50. The van der Waals surface area contributed by atoms with Crippen LogP contribution in [0.2, 0.25) is 0 Å². The number of nitrogens with zero attached hydrogens (tertiary/aromatic N) is 1. The van der Waals surface area contributed by atoms with E-state index >= 15 is 0 Å². The van der Waals surface area contributed by atoms with Crippen molar-refractivity contribution in [1.82, 2.24) is 5.32 Å². The molecule has 2 amide bonds. The molecule has 1 atom stereocenters. The summed E-state index contributed by atoms with van der Waals surface area (Å²) in [5.41, 5.74) is 2.33. The molecule has 2 N–H and O–H groups in total. The van der Waals surface area contributed by atoms with Gasteiger partial charge in [-0.05, 0) is 48.4 Å². The van der Waals surface area contributed by atoms with Crippen LogP contribution in [0.4, 0.5) is 5.69 Å². The molecule has 160 valence electrons. The number of nitriles is 1. The number of anilines is 1. The van der Waals surface area contributed by atoms with Crippen molar-refractivity contribution in [1.29, 1.82) is 5.26 Å². The highest BCUT2D eigenvalue weighted by Crippen LogP contribution is 2.16. The zero-order valence-electron chi connectivity index (χ0n) is 17.6. The van der Waals surface area contributed by atoms with Gasteiger partial charge < -0.3 is 15.4 Å². The monoisotopic (exact) mass is 425 g/mol. The van der Waals surface area contributed by atoms with Gasteiger partial charge in [0, 0.05) is 5.69 Å². The lowest BCUT2D eigenvalue weighted by Gasteiger charge is -2.13. The molecule has 0 aliphatic rings. The largest absolute Gasteiger partial charge is 0.484 e. The highest BCUT2D eigenvalue weighted by molar-refractivity contribution is 6.01. The third-order valence-electron chi connectivity index (χ3n) is 4.63. The summed E-state index contributed by atoms with van der Waals surface area (Å²) in [6.07, 6.45) is 1.51. The van der Waals surface area contributed by atoms with Crippen molar-refractivity contribution in [3.63, 3.8) is 0 Å². The summed E-state index contributed by atoms with van der Waals surface area (Å²) in [5.74, 6) is -0.205. The van der Waals surface area contributed by atoms with E-state index in [0.29, 0.717) is 17.0 Å². The number of hydrogen-bond acceptors (Lipinski definition) is 4. The Kier molecular flexibility index (Phi) is 7.77. The van der Waals surface area contributed by atoms with E-state index < -0.39 is 5.91 Å². The molecule has 0 saturated carbocycles. The van der Waals surface area contributed by atoms with Crippen molar-refractivity contribution in [3.8, 4) is 11.8 Å². The van der Waals surface area contributed by atoms with Gasteiger partial charge in [0.2, 0.25) is 0 Å². The van der Waals surface area contributed by atoms with E-state index in [1.807, 2.05) is 61.5 Å². The number of benzene rings is 3. The van der Waals surface area contributed by atoms with Crippen LogP contribution < -0.4 is 15.4 Å². The number of rotatable bonds is 8. The number of carbonyl (C=O) groups is 2. The van der Waals surface area contributed by atoms with Gasteiger partial charge in [-0.15, -0.1) is 0 Å². The molecule has 32 heavy (non-hydrogen) atoms. The fourth-order valence-corrected chi connectivity index (χ4v) is 2.94. The van der Waals surface area contributed by atoms with Crippen molar-refractivity contribution in [2.45, 2.75) is 13.0 Å². The fourth-order valence-electron chi connectivity index (χ4n) is 2.94. The van der Waals surface area contributed by atoms with Gasteiger partial charge in [0.05, 0.1) is 6.04 Å². The molecule has 3 aromatic rings. The lowest BCUT2D eigenvalue weighted by atomic mass is 10.1. The van der Waals surface area contributed by atoms with E-state index in [1.54, 1.807) is 36.4 Å². The molecule has 6 nitrogen and oxygen atoms in total. The number of ether oxygens (including phenoxy) is 1. The summed E-state index contributed by atoms with van der Waals surface area (Å²) >= 11 is 0. The van der Waals surface area contributed by atoms with E-state index in [2.05, 4.69) is 10.6 Å². The maximum absolute atomic E-state index is 12.5. The van der Waals surface area contributed by atoms with Crippen LogP contribution in [0, 0.1) is 11.3 Å². The van der Waals surface area contributed by atoms with Crippen LogP contribution in [-0.2, 0) is 9.59 Å². The molecule has 0 bridgehead atoms. The maximum Gasteiger partial charge on any atom is 0.262 e. The van der Waals surface area contributed by atoms with Crippen molar-refractivity contribution in [2.75, 3.05) is 11.9 Å². The summed E-state index contributed by atoms with van der Waals surface area (Å²) in [6, 6.07) is 27.2. The quantitative estimate of drug-likeness (QED) is 0.411. The molecule has 0 spiro atoms. The van der Waals surface area contributed by atoms with Crippen LogP contribution in [0.3, 0.4) is 0 Å². The van der Waals surface area contributed by atoms with Crippen LogP contribution in [0.5, 0.6) is 5.75 Å². The van der Waals surface area contributed by atoms with Gasteiger partial charge in [-0.2, -0.15) is 5.26 Å². The van der Waals surface area contributed by atoms with Crippen molar-refractivity contribution in [2.24, 2.45) is 0 Å². The molecule has 3 rings (SSSR count). The molecule has 0 aliphatic carbocycles. The summed E-state index contributed by atoms with van der Waals surface area (Å²) in [7, 11) is 0. The molecule has 6 heteroatoms. The third kappa shape index (κ3) is 6.57. The van der Waals surface area contributed by atoms with Crippen molar-refractivity contribution in [3.05, 3.63) is 102 Å². The Hall–Kier alpha value is -4.37. The first kappa shape index (κ1) is 22.3. The van der Waals surface area contributed by atoms with Gasteiger partial charge in [0.25, 0.3) is 11.8 Å². The molecule has 0 fully saturated rings. The Morgan fingerprint density at radius 3 is 2.22 bits per heavy atom. The predicted octanol–water partition coefficient (Wildman–Crippen LogP) is 4.49. The highest BCUT2D eigenvalue weighted by Gasteiger charge is 2.13. The normalized spacial score (nSPS) is 11.7. The molecule has 3 aromatic carbocycles. The predicted molar refractivity (Wildman–Crippen MR) is 124 cm³/mol. The lowest BCUT2D eigenvalue weighted by molar-refractivity contribution is -0.118. The van der Waals surface area contributed by atoms with Gasteiger partial charge in [0.1, 0.15) is 17.4 Å². The van der Waals surface area contributed by atoms with Gasteiger partial charge in [-0.1, -0.05) is 60.7 Å². The van der Waals surface area contributed by atoms with Gasteiger partial charge in [-0.3, -0.25) is 9.59 Å². The van der Waals surface area contributed by atoms with Crippen LogP contribution in [-0.4, -0.2) is 18.4 Å². The van der Waals surface area contributed by atoms with Crippen LogP contribution in [0.1, 0.15) is 24.1 Å². The Morgan fingerprint density at radius 1 is 0.969 bits per heavy atom. The van der Waals surface area contributed by atoms with E-state index in [-0.39, 0.29) is 24.1 Å². The second-order valence-electron chi connectivity index (χ2n) is 7.05. The van der Waals surface area contributed by atoms with Crippen LogP contribution >= 0.6 is 0 Å². The standard InChI is InChI=1S/C26H23N3O3/c1-19(21-8-4-2-5-9-21)28-26(31)22(17-27)16-20-12-14-24(15-13-20)32-18-25(30)29-23-10-6-3-7-11-23/h2-16,19H,18H2,1H3,(H,28,31)(H,29,30)/b22-16+/t19-/m1/s1. The average Bonchev–Trinajstić information content (AvgIpc) is 2.83. The summed E-state index contributed by atoms with van der Waals surface area (Å²) in [4.78, 5) is 24.5.